The molecule has 0 aromatic heterocycles. The number of benzene rings is 1. The van der Waals surface area contributed by atoms with Crippen molar-refractivity contribution in [3.05, 3.63) is 29.3 Å². The molecule has 2 atom stereocenters. The Morgan fingerprint density at radius 2 is 2.24 bits per heavy atom. The van der Waals surface area contributed by atoms with Crippen LogP contribution in [0.2, 0.25) is 0 Å². The summed E-state index contributed by atoms with van der Waals surface area (Å²) in [5.74, 6) is 0. The van der Waals surface area contributed by atoms with Crippen LogP contribution in [0.5, 0.6) is 0 Å². The predicted molar refractivity (Wildman–Crippen MR) is 71.6 cm³/mol. The number of nitrogens with one attached hydrogen (secondary N) is 1. The minimum atomic E-state index is -0.613. The number of amides is 1. The Labute approximate surface area is 110 Å². The molecule has 0 radical (unpaired) electrons. The lowest BCUT2D eigenvalue weighted by Gasteiger charge is -2.39. The van der Waals surface area contributed by atoms with Crippen LogP contribution in [-0.4, -0.2) is 10.9 Å². The molecule has 1 aliphatic heterocycles. The fourth-order valence-corrected chi connectivity index (χ4v) is 2.52. The first-order valence-electron chi connectivity index (χ1n) is 5.72. The van der Waals surface area contributed by atoms with E-state index in [1.165, 1.54) is 0 Å². The van der Waals surface area contributed by atoms with E-state index >= 15 is 0 Å². The van der Waals surface area contributed by atoms with E-state index in [2.05, 4.69) is 34.2 Å². The van der Waals surface area contributed by atoms with Crippen LogP contribution in [0.1, 0.15) is 31.4 Å². The highest BCUT2D eigenvalue weighted by Gasteiger charge is 2.42. The van der Waals surface area contributed by atoms with Gasteiger partial charge in [-0.05, 0) is 32.4 Å². The number of cyclic esters (lactones) is 1. The molecule has 0 fully saturated rings. The van der Waals surface area contributed by atoms with Crippen LogP contribution < -0.4 is 5.32 Å². The molecule has 1 aromatic carbocycles. The average molecular weight is 298 g/mol. The van der Waals surface area contributed by atoms with Crippen LogP contribution in [0.4, 0.5) is 10.5 Å². The number of halogens is 1. The quantitative estimate of drug-likeness (QED) is 0.840. The van der Waals surface area contributed by atoms with Crippen molar-refractivity contribution in [2.45, 2.75) is 37.6 Å². The van der Waals surface area contributed by atoms with Gasteiger partial charge >= 0.3 is 6.09 Å². The number of rotatable bonds is 2. The largest absolute Gasteiger partial charge is 0.437 e. The van der Waals surface area contributed by atoms with Gasteiger partial charge in [-0.15, -0.1) is 0 Å². The molecule has 2 rings (SSSR count). The Morgan fingerprint density at radius 3 is 2.88 bits per heavy atom. The Kier molecular flexibility index (Phi) is 3.17. The highest BCUT2D eigenvalue weighted by atomic mass is 79.9. The van der Waals surface area contributed by atoms with Crippen molar-refractivity contribution in [3.63, 3.8) is 0 Å². The van der Waals surface area contributed by atoms with Gasteiger partial charge in [-0.3, -0.25) is 5.32 Å². The van der Waals surface area contributed by atoms with Crippen LogP contribution in [0.25, 0.3) is 0 Å². The zero-order valence-corrected chi connectivity index (χ0v) is 11.8. The van der Waals surface area contributed by atoms with Crippen molar-refractivity contribution in [1.29, 1.82) is 0 Å². The Bertz CT molecular complexity index is 461. The number of carbonyl (C=O) groups excluding carboxylic acids is 1. The molecule has 4 heteroatoms. The number of ether oxygens (including phenoxy) is 1. The normalized spacial score (nSPS) is 24.6. The zero-order chi connectivity index (χ0) is 12.6. The summed E-state index contributed by atoms with van der Waals surface area (Å²) in [4.78, 5) is 11.7. The molecule has 1 amide bonds. The van der Waals surface area contributed by atoms with Crippen LogP contribution in [0.15, 0.2) is 18.2 Å². The first-order chi connectivity index (χ1) is 7.97. The van der Waals surface area contributed by atoms with Crippen molar-refractivity contribution in [3.8, 4) is 0 Å². The molecule has 3 nitrogen and oxygen atoms in total. The summed E-state index contributed by atoms with van der Waals surface area (Å²) in [5, 5.41) is 2.74. The maximum atomic E-state index is 11.6. The van der Waals surface area contributed by atoms with Crippen LogP contribution in [0.3, 0.4) is 0 Å². The molecule has 17 heavy (non-hydrogen) atoms. The summed E-state index contributed by atoms with van der Waals surface area (Å²) < 4.78 is 5.51. The Morgan fingerprint density at radius 1 is 1.53 bits per heavy atom. The fourth-order valence-electron chi connectivity index (χ4n) is 2.18. The number of hydrogen-bond donors (Lipinski definition) is 1. The second kappa shape index (κ2) is 4.33. The van der Waals surface area contributed by atoms with Crippen molar-refractivity contribution in [2.75, 3.05) is 5.32 Å². The van der Waals surface area contributed by atoms with Crippen LogP contribution in [0, 0.1) is 6.92 Å². The summed E-state index contributed by atoms with van der Waals surface area (Å²) in [5.41, 5.74) is 2.41. The van der Waals surface area contributed by atoms with Crippen LogP contribution in [-0.2, 0) is 10.3 Å². The Hall–Kier alpha value is -1.03. The van der Waals surface area contributed by atoms with E-state index in [-0.39, 0.29) is 10.9 Å². The number of fused-ring (bicyclic) bond motifs is 1. The van der Waals surface area contributed by atoms with E-state index in [4.69, 9.17) is 4.74 Å². The molecule has 92 valence electrons. The molecule has 0 aliphatic carbocycles. The first-order valence-corrected chi connectivity index (χ1v) is 6.64. The summed E-state index contributed by atoms with van der Waals surface area (Å²) in [6.07, 6.45) is 0.499. The summed E-state index contributed by atoms with van der Waals surface area (Å²) in [6, 6.07) is 5.98. The molecule has 0 saturated heterocycles. The smallest absolute Gasteiger partial charge is 0.412 e. The van der Waals surface area contributed by atoms with Gasteiger partial charge in [0.15, 0.2) is 5.60 Å². The number of carbonyl (C=O) groups is 1. The average Bonchev–Trinajstić information content (AvgIpc) is 2.29. The molecule has 1 heterocycles. The minimum absolute atomic E-state index is 0.0987. The highest BCUT2D eigenvalue weighted by Crippen LogP contribution is 2.42. The Balaban J connectivity index is 2.56. The number of aryl methyl sites for hydroxylation is 1. The van der Waals surface area contributed by atoms with Gasteiger partial charge in [0.2, 0.25) is 0 Å². The molecule has 0 spiro atoms. The topological polar surface area (TPSA) is 38.3 Å². The monoisotopic (exact) mass is 297 g/mol. The van der Waals surface area contributed by atoms with E-state index in [0.29, 0.717) is 0 Å². The second-order valence-electron chi connectivity index (χ2n) is 4.55. The SMILES string of the molecule is CC[C@H](Br)[C@]1(C)OC(=O)Nc2ccc(C)cc21. The predicted octanol–water partition coefficient (Wildman–Crippen LogP) is 3.95. The summed E-state index contributed by atoms with van der Waals surface area (Å²) in [6.45, 7) is 6.05. The second-order valence-corrected chi connectivity index (χ2v) is 5.65. The van der Waals surface area contributed by atoms with Gasteiger partial charge in [0.25, 0.3) is 0 Å². The van der Waals surface area contributed by atoms with E-state index in [0.717, 1.165) is 23.2 Å². The third-order valence-corrected chi connectivity index (χ3v) is 4.73. The first kappa shape index (κ1) is 12.4. The van der Waals surface area contributed by atoms with Crippen molar-refractivity contribution < 1.29 is 9.53 Å². The van der Waals surface area contributed by atoms with Crippen molar-refractivity contribution >= 4 is 27.7 Å². The standard InChI is InChI=1S/C13H16BrNO2/c1-4-11(14)13(3)9-7-8(2)5-6-10(9)15-12(16)17-13/h5-7,11H,4H2,1-3H3,(H,15,16)/t11-,13+/m0/s1. The van der Waals surface area contributed by atoms with Gasteiger partial charge in [-0.2, -0.15) is 0 Å². The lowest BCUT2D eigenvalue weighted by atomic mass is 9.87. The number of alkyl halides is 1. The molecule has 0 saturated carbocycles. The van der Waals surface area contributed by atoms with E-state index in [9.17, 15) is 4.79 Å². The third-order valence-electron chi connectivity index (χ3n) is 3.21. The maximum absolute atomic E-state index is 11.6. The van der Waals surface area contributed by atoms with Gasteiger partial charge in [0.05, 0.1) is 10.5 Å². The zero-order valence-electron chi connectivity index (χ0n) is 10.2. The molecular formula is C13H16BrNO2. The van der Waals surface area contributed by atoms with Gasteiger partial charge in [-0.1, -0.05) is 34.5 Å². The van der Waals surface area contributed by atoms with Gasteiger partial charge in [-0.25, -0.2) is 4.79 Å². The van der Waals surface area contributed by atoms with Crippen molar-refractivity contribution in [1.82, 2.24) is 0 Å². The summed E-state index contributed by atoms with van der Waals surface area (Å²) >= 11 is 3.61. The molecule has 0 unspecified atom stereocenters. The third kappa shape index (κ3) is 2.06. The van der Waals surface area contributed by atoms with Gasteiger partial charge < -0.3 is 4.74 Å². The fraction of sp³-hybridized carbons (Fsp3) is 0.462. The number of anilines is 1. The van der Waals surface area contributed by atoms with E-state index in [1.54, 1.807) is 0 Å². The van der Waals surface area contributed by atoms with Crippen LogP contribution >= 0.6 is 15.9 Å². The number of hydrogen-bond acceptors (Lipinski definition) is 2. The molecule has 1 N–H and O–H groups in total. The molecule has 1 aliphatic rings. The molecule has 1 aromatic rings. The van der Waals surface area contributed by atoms with Gasteiger partial charge in [0.1, 0.15) is 0 Å². The van der Waals surface area contributed by atoms with Crippen molar-refractivity contribution in [2.24, 2.45) is 0 Å². The molecular weight excluding hydrogens is 282 g/mol. The summed E-state index contributed by atoms with van der Waals surface area (Å²) in [7, 11) is 0. The molecule has 0 bridgehead atoms. The highest BCUT2D eigenvalue weighted by molar-refractivity contribution is 9.09. The minimum Gasteiger partial charge on any atom is -0.437 e. The van der Waals surface area contributed by atoms with Gasteiger partial charge in [0, 0.05) is 5.56 Å². The maximum Gasteiger partial charge on any atom is 0.412 e. The van der Waals surface area contributed by atoms with E-state index in [1.807, 2.05) is 26.0 Å². The lowest BCUT2D eigenvalue weighted by molar-refractivity contribution is 0.0256. The van der Waals surface area contributed by atoms with E-state index < -0.39 is 5.60 Å². The lowest BCUT2D eigenvalue weighted by Crippen LogP contribution is -2.43.